The van der Waals surface area contributed by atoms with Gasteiger partial charge in [-0.2, -0.15) is 10.2 Å². The van der Waals surface area contributed by atoms with E-state index in [1.54, 1.807) is 83.2 Å². The highest BCUT2D eigenvalue weighted by Gasteiger charge is 2.07. The molecule has 3 rings (SSSR count). The molecule has 3 aromatic carbocycles. The second-order valence-corrected chi connectivity index (χ2v) is 6.87. The SMILES string of the molecule is COc1ccc(/C=N/NC(=O)c2cccc(N/N=C/c3ccc(OC)cc3OC)c2)c(OC)c1. The van der Waals surface area contributed by atoms with Crippen LogP contribution in [0.25, 0.3) is 0 Å². The molecule has 0 spiro atoms. The fourth-order valence-electron chi connectivity index (χ4n) is 2.98. The van der Waals surface area contributed by atoms with Crippen molar-refractivity contribution in [2.75, 3.05) is 33.9 Å². The van der Waals surface area contributed by atoms with Gasteiger partial charge in [0.1, 0.15) is 23.0 Å². The average Bonchev–Trinajstić information content (AvgIpc) is 2.89. The molecule has 9 nitrogen and oxygen atoms in total. The molecule has 1 amide bonds. The van der Waals surface area contributed by atoms with Crippen LogP contribution in [0.2, 0.25) is 0 Å². The van der Waals surface area contributed by atoms with Gasteiger partial charge >= 0.3 is 0 Å². The Hall–Kier alpha value is -4.53. The Morgan fingerprint density at radius 2 is 1.32 bits per heavy atom. The van der Waals surface area contributed by atoms with Crippen molar-refractivity contribution in [3.8, 4) is 23.0 Å². The van der Waals surface area contributed by atoms with Crippen molar-refractivity contribution in [3.05, 3.63) is 77.4 Å². The van der Waals surface area contributed by atoms with Gasteiger partial charge in [0, 0.05) is 28.8 Å². The van der Waals surface area contributed by atoms with E-state index in [1.165, 1.54) is 6.21 Å². The molecular weight excluding hydrogens is 436 g/mol. The van der Waals surface area contributed by atoms with E-state index in [1.807, 2.05) is 12.1 Å². The van der Waals surface area contributed by atoms with E-state index in [9.17, 15) is 4.79 Å². The molecule has 0 unspecified atom stereocenters. The van der Waals surface area contributed by atoms with Gasteiger partial charge in [0.2, 0.25) is 0 Å². The second kappa shape index (κ2) is 11.9. The molecule has 0 aliphatic heterocycles. The Morgan fingerprint density at radius 3 is 1.88 bits per heavy atom. The first-order valence-corrected chi connectivity index (χ1v) is 10.2. The molecule has 9 heteroatoms. The highest BCUT2D eigenvalue weighted by Crippen LogP contribution is 2.24. The number of amides is 1. The molecule has 34 heavy (non-hydrogen) atoms. The van der Waals surface area contributed by atoms with Crippen LogP contribution in [0, 0.1) is 0 Å². The van der Waals surface area contributed by atoms with Crippen molar-refractivity contribution in [2.45, 2.75) is 0 Å². The van der Waals surface area contributed by atoms with Gasteiger partial charge in [-0.15, -0.1) is 0 Å². The van der Waals surface area contributed by atoms with E-state index < -0.39 is 0 Å². The van der Waals surface area contributed by atoms with Crippen LogP contribution in [0.15, 0.2) is 70.9 Å². The summed E-state index contributed by atoms with van der Waals surface area (Å²) in [6.45, 7) is 0. The number of carbonyl (C=O) groups excluding carboxylic acids is 1. The normalized spacial score (nSPS) is 10.8. The zero-order valence-corrected chi connectivity index (χ0v) is 19.4. The zero-order chi connectivity index (χ0) is 24.3. The standard InChI is InChI=1S/C25H26N4O5/c1-31-21-10-8-18(23(13-21)33-3)15-26-28-20-7-5-6-17(12-20)25(30)29-27-16-19-9-11-22(32-2)14-24(19)34-4/h5-16,28H,1-4H3,(H,29,30)/b26-15+,27-16+. The summed E-state index contributed by atoms with van der Waals surface area (Å²) in [5.41, 5.74) is 7.95. The smallest absolute Gasteiger partial charge is 0.271 e. The first-order valence-electron chi connectivity index (χ1n) is 10.2. The van der Waals surface area contributed by atoms with Crippen LogP contribution in [0.5, 0.6) is 23.0 Å². The summed E-state index contributed by atoms with van der Waals surface area (Å²) in [6, 6.07) is 17.6. The lowest BCUT2D eigenvalue weighted by molar-refractivity contribution is 0.0955. The van der Waals surface area contributed by atoms with Gasteiger partial charge in [0.25, 0.3) is 5.91 Å². The van der Waals surface area contributed by atoms with Crippen molar-refractivity contribution in [1.82, 2.24) is 5.43 Å². The maximum absolute atomic E-state index is 12.5. The molecule has 0 atom stereocenters. The zero-order valence-electron chi connectivity index (χ0n) is 19.4. The van der Waals surface area contributed by atoms with Gasteiger partial charge in [0.15, 0.2) is 0 Å². The molecule has 0 fully saturated rings. The van der Waals surface area contributed by atoms with Crippen molar-refractivity contribution in [3.63, 3.8) is 0 Å². The molecule has 3 aromatic rings. The maximum Gasteiger partial charge on any atom is 0.271 e. The lowest BCUT2D eigenvalue weighted by Gasteiger charge is -2.08. The van der Waals surface area contributed by atoms with Crippen LogP contribution < -0.4 is 29.8 Å². The maximum atomic E-state index is 12.5. The molecule has 0 aliphatic rings. The fourth-order valence-corrected chi connectivity index (χ4v) is 2.98. The van der Waals surface area contributed by atoms with E-state index in [0.29, 0.717) is 39.8 Å². The van der Waals surface area contributed by atoms with Crippen LogP contribution in [-0.2, 0) is 0 Å². The summed E-state index contributed by atoms with van der Waals surface area (Å²) in [7, 11) is 6.30. The number of hydrogen-bond donors (Lipinski definition) is 2. The molecule has 0 bridgehead atoms. The molecule has 176 valence electrons. The van der Waals surface area contributed by atoms with E-state index in [-0.39, 0.29) is 5.91 Å². The van der Waals surface area contributed by atoms with Crippen LogP contribution in [0.4, 0.5) is 5.69 Å². The summed E-state index contributed by atoms with van der Waals surface area (Å²) < 4.78 is 21.1. The molecule has 0 saturated carbocycles. The van der Waals surface area contributed by atoms with Crippen LogP contribution in [0.1, 0.15) is 21.5 Å². The summed E-state index contributed by atoms with van der Waals surface area (Å²) in [6.07, 6.45) is 3.13. The van der Waals surface area contributed by atoms with Gasteiger partial charge in [0.05, 0.1) is 46.6 Å². The molecule has 0 heterocycles. The molecule has 0 aromatic heterocycles. The predicted octanol–water partition coefficient (Wildman–Crippen LogP) is 3.93. The second-order valence-electron chi connectivity index (χ2n) is 6.87. The minimum Gasteiger partial charge on any atom is -0.497 e. The van der Waals surface area contributed by atoms with E-state index in [2.05, 4.69) is 21.1 Å². The van der Waals surface area contributed by atoms with Gasteiger partial charge in [-0.1, -0.05) is 6.07 Å². The Morgan fingerprint density at radius 1 is 0.735 bits per heavy atom. The minimum atomic E-state index is -0.367. The van der Waals surface area contributed by atoms with E-state index in [4.69, 9.17) is 18.9 Å². The van der Waals surface area contributed by atoms with Crippen molar-refractivity contribution in [2.24, 2.45) is 10.2 Å². The summed E-state index contributed by atoms with van der Waals surface area (Å²) in [5.74, 6) is 2.19. The minimum absolute atomic E-state index is 0.367. The number of methoxy groups -OCH3 is 4. The van der Waals surface area contributed by atoms with E-state index in [0.717, 1.165) is 5.56 Å². The Kier molecular flexibility index (Phi) is 8.45. The van der Waals surface area contributed by atoms with Gasteiger partial charge in [-0.3, -0.25) is 10.2 Å². The Balaban J connectivity index is 1.63. The molecular formula is C25H26N4O5. The average molecular weight is 463 g/mol. The van der Waals surface area contributed by atoms with Crippen molar-refractivity contribution in [1.29, 1.82) is 0 Å². The molecule has 2 N–H and O–H groups in total. The van der Waals surface area contributed by atoms with Gasteiger partial charge < -0.3 is 18.9 Å². The van der Waals surface area contributed by atoms with Crippen LogP contribution >= 0.6 is 0 Å². The first-order chi connectivity index (χ1) is 16.6. The number of nitrogens with zero attached hydrogens (tertiary/aromatic N) is 2. The van der Waals surface area contributed by atoms with Gasteiger partial charge in [-0.25, -0.2) is 5.43 Å². The van der Waals surface area contributed by atoms with Crippen LogP contribution in [0.3, 0.4) is 0 Å². The third-order valence-corrected chi connectivity index (χ3v) is 4.77. The number of ether oxygens (including phenoxy) is 4. The Labute approximate surface area is 198 Å². The number of nitrogens with one attached hydrogen (secondary N) is 2. The van der Waals surface area contributed by atoms with Crippen LogP contribution in [-0.4, -0.2) is 46.8 Å². The molecule has 0 radical (unpaired) electrons. The quantitative estimate of drug-likeness (QED) is 0.350. The lowest BCUT2D eigenvalue weighted by atomic mass is 10.2. The summed E-state index contributed by atoms with van der Waals surface area (Å²) in [5, 5.41) is 8.26. The monoisotopic (exact) mass is 462 g/mol. The third kappa shape index (κ3) is 6.26. The molecule has 0 saturated heterocycles. The highest BCUT2D eigenvalue weighted by molar-refractivity contribution is 5.96. The first kappa shape index (κ1) is 24.1. The van der Waals surface area contributed by atoms with E-state index >= 15 is 0 Å². The number of rotatable bonds is 10. The number of hydrazone groups is 2. The largest absolute Gasteiger partial charge is 0.497 e. The predicted molar refractivity (Wildman–Crippen MR) is 132 cm³/mol. The molecule has 0 aliphatic carbocycles. The number of hydrogen-bond acceptors (Lipinski definition) is 8. The third-order valence-electron chi connectivity index (χ3n) is 4.77. The number of carbonyl (C=O) groups is 1. The van der Waals surface area contributed by atoms with Crippen molar-refractivity contribution >= 4 is 24.0 Å². The number of benzene rings is 3. The number of anilines is 1. The topological polar surface area (TPSA) is 103 Å². The Bertz CT molecular complexity index is 1190. The lowest BCUT2D eigenvalue weighted by Crippen LogP contribution is -2.17. The summed E-state index contributed by atoms with van der Waals surface area (Å²) >= 11 is 0. The fraction of sp³-hybridized carbons (Fsp3) is 0.160. The van der Waals surface area contributed by atoms with Gasteiger partial charge in [-0.05, 0) is 42.5 Å². The highest BCUT2D eigenvalue weighted by atomic mass is 16.5. The summed E-state index contributed by atoms with van der Waals surface area (Å²) in [4.78, 5) is 12.5. The van der Waals surface area contributed by atoms with Crippen molar-refractivity contribution < 1.29 is 23.7 Å².